The van der Waals surface area contributed by atoms with E-state index in [0.29, 0.717) is 19.6 Å². The number of carbonyl (C=O) groups excluding carboxylic acids is 2. The van der Waals surface area contributed by atoms with Crippen molar-refractivity contribution in [3.63, 3.8) is 0 Å². The number of nitrogens with one attached hydrogen (secondary N) is 3. The average molecular weight is 331 g/mol. The second-order valence-corrected chi connectivity index (χ2v) is 6.60. The van der Waals surface area contributed by atoms with Crippen LogP contribution in [0.5, 0.6) is 0 Å². The number of anilines is 1. The lowest BCUT2D eigenvalue weighted by molar-refractivity contribution is -0.123. The van der Waals surface area contributed by atoms with Gasteiger partial charge in [-0.25, -0.2) is 0 Å². The van der Waals surface area contributed by atoms with Gasteiger partial charge in [-0.1, -0.05) is 12.1 Å². The van der Waals surface area contributed by atoms with E-state index in [9.17, 15) is 9.59 Å². The molecule has 2 amide bonds. The van der Waals surface area contributed by atoms with Crippen LogP contribution in [0.3, 0.4) is 0 Å². The van der Waals surface area contributed by atoms with Crippen molar-refractivity contribution in [1.82, 2.24) is 10.6 Å². The predicted molar refractivity (Wildman–Crippen MR) is 91.6 cm³/mol. The zero-order valence-corrected chi connectivity index (χ0v) is 14.0. The quantitative estimate of drug-likeness (QED) is 0.740. The molecule has 6 nitrogen and oxygen atoms in total. The number of hydrogen-bond donors (Lipinski definition) is 3. The number of morpholine rings is 1. The van der Waals surface area contributed by atoms with Crippen LogP contribution in [-0.2, 0) is 14.3 Å². The first-order valence-electron chi connectivity index (χ1n) is 8.63. The third-order valence-corrected chi connectivity index (χ3v) is 4.43. The van der Waals surface area contributed by atoms with Gasteiger partial charge in [0.15, 0.2) is 0 Å². The summed E-state index contributed by atoms with van der Waals surface area (Å²) < 4.78 is 5.36. The van der Waals surface area contributed by atoms with E-state index in [0.717, 1.165) is 30.6 Å². The second kappa shape index (κ2) is 7.77. The van der Waals surface area contributed by atoms with E-state index in [4.69, 9.17) is 4.74 Å². The minimum atomic E-state index is -0.0739. The molecule has 2 aliphatic rings. The first kappa shape index (κ1) is 16.9. The molecule has 1 saturated heterocycles. The van der Waals surface area contributed by atoms with Crippen LogP contribution in [0.25, 0.3) is 0 Å². The summed E-state index contributed by atoms with van der Waals surface area (Å²) >= 11 is 0. The van der Waals surface area contributed by atoms with Crippen molar-refractivity contribution in [3.05, 3.63) is 29.8 Å². The van der Waals surface area contributed by atoms with Gasteiger partial charge in [0.1, 0.15) is 0 Å². The van der Waals surface area contributed by atoms with Crippen molar-refractivity contribution in [2.24, 2.45) is 5.92 Å². The van der Waals surface area contributed by atoms with Crippen LogP contribution in [0.1, 0.15) is 37.8 Å². The Morgan fingerprint density at radius 2 is 2.04 bits per heavy atom. The van der Waals surface area contributed by atoms with E-state index in [2.05, 4.69) is 16.0 Å². The first-order valence-corrected chi connectivity index (χ1v) is 8.63. The Morgan fingerprint density at radius 1 is 1.29 bits per heavy atom. The molecule has 0 spiro atoms. The lowest BCUT2D eigenvalue weighted by atomic mass is 10.1. The van der Waals surface area contributed by atoms with Gasteiger partial charge in [0, 0.05) is 30.6 Å². The molecule has 24 heavy (non-hydrogen) atoms. The highest BCUT2D eigenvalue weighted by atomic mass is 16.5. The van der Waals surface area contributed by atoms with Gasteiger partial charge in [-0.2, -0.15) is 0 Å². The Hall–Kier alpha value is -1.92. The fraction of sp³-hybridized carbons (Fsp3) is 0.556. The van der Waals surface area contributed by atoms with Crippen LogP contribution in [0.15, 0.2) is 24.3 Å². The molecule has 0 bridgehead atoms. The Bertz CT molecular complexity index is 578. The first-order chi connectivity index (χ1) is 11.6. The van der Waals surface area contributed by atoms with Gasteiger partial charge in [0.25, 0.3) is 0 Å². The molecule has 3 N–H and O–H groups in total. The van der Waals surface area contributed by atoms with Gasteiger partial charge in [-0.15, -0.1) is 0 Å². The van der Waals surface area contributed by atoms with Crippen LogP contribution < -0.4 is 16.0 Å². The molecule has 1 aliphatic carbocycles. The molecule has 0 aromatic heterocycles. The maximum absolute atomic E-state index is 12.1. The molecular formula is C18H25N3O3. The molecule has 1 aromatic rings. The van der Waals surface area contributed by atoms with E-state index < -0.39 is 0 Å². The van der Waals surface area contributed by atoms with Crippen molar-refractivity contribution in [2.75, 3.05) is 25.1 Å². The summed E-state index contributed by atoms with van der Waals surface area (Å²) in [6.45, 7) is 4.04. The number of ether oxygens (including phenoxy) is 1. The highest BCUT2D eigenvalue weighted by molar-refractivity contribution is 5.94. The second-order valence-electron chi connectivity index (χ2n) is 6.60. The number of carbonyl (C=O) groups is 2. The number of rotatable bonds is 6. The van der Waals surface area contributed by atoms with Gasteiger partial charge in [0.2, 0.25) is 11.8 Å². The zero-order chi connectivity index (χ0) is 16.9. The predicted octanol–water partition coefficient (Wildman–Crippen LogP) is 1.59. The summed E-state index contributed by atoms with van der Waals surface area (Å²) in [5.74, 6) is 0.308. The van der Waals surface area contributed by atoms with Crippen LogP contribution in [-0.4, -0.2) is 37.6 Å². The van der Waals surface area contributed by atoms with Crippen molar-refractivity contribution in [3.8, 4) is 0 Å². The normalized spacial score (nSPS) is 21.8. The lowest BCUT2D eigenvalue weighted by Crippen LogP contribution is -2.44. The number of hydrogen-bond acceptors (Lipinski definition) is 4. The molecule has 1 aromatic carbocycles. The molecule has 1 saturated carbocycles. The van der Waals surface area contributed by atoms with Crippen LogP contribution >= 0.6 is 0 Å². The molecule has 0 radical (unpaired) electrons. The van der Waals surface area contributed by atoms with Gasteiger partial charge in [-0.05, 0) is 37.5 Å². The molecular weight excluding hydrogens is 306 g/mol. The summed E-state index contributed by atoms with van der Waals surface area (Å²) in [4.78, 5) is 23.9. The molecule has 1 heterocycles. The Kier molecular flexibility index (Phi) is 5.48. The monoisotopic (exact) mass is 331 g/mol. The average Bonchev–Trinajstić information content (AvgIpc) is 3.41. The minimum Gasteiger partial charge on any atom is -0.378 e. The minimum absolute atomic E-state index is 0.0108. The largest absolute Gasteiger partial charge is 0.378 e. The molecule has 3 rings (SSSR count). The molecule has 2 atom stereocenters. The highest BCUT2D eigenvalue weighted by Gasteiger charge is 2.29. The topological polar surface area (TPSA) is 79.5 Å². The standard InChI is InChI=1S/C18H25N3O3/c1-12(20-17(22)10-16-11-24-9-8-19-16)13-4-6-15(7-5-13)21-18(23)14-2-3-14/h4-7,12,14,16,19H,2-3,8-11H2,1H3,(H,20,22)(H,21,23). The van der Waals surface area contributed by atoms with Crippen LogP contribution in [0, 0.1) is 5.92 Å². The third-order valence-electron chi connectivity index (χ3n) is 4.43. The molecule has 6 heteroatoms. The summed E-state index contributed by atoms with van der Waals surface area (Å²) in [6.07, 6.45) is 2.40. The summed E-state index contributed by atoms with van der Waals surface area (Å²) in [6, 6.07) is 7.66. The zero-order valence-electron chi connectivity index (χ0n) is 14.0. The van der Waals surface area contributed by atoms with Gasteiger partial charge in [0.05, 0.1) is 19.3 Å². The van der Waals surface area contributed by atoms with Crippen molar-refractivity contribution in [2.45, 2.75) is 38.3 Å². The maximum Gasteiger partial charge on any atom is 0.227 e. The Balaban J connectivity index is 1.47. The van der Waals surface area contributed by atoms with E-state index in [1.807, 2.05) is 31.2 Å². The van der Waals surface area contributed by atoms with Crippen LogP contribution in [0.2, 0.25) is 0 Å². The summed E-state index contributed by atoms with van der Waals surface area (Å²) in [5, 5.41) is 9.20. The van der Waals surface area contributed by atoms with E-state index in [1.54, 1.807) is 0 Å². The van der Waals surface area contributed by atoms with E-state index >= 15 is 0 Å². The SMILES string of the molecule is CC(NC(=O)CC1COCCN1)c1ccc(NC(=O)C2CC2)cc1. The van der Waals surface area contributed by atoms with Gasteiger partial charge in [-0.3, -0.25) is 9.59 Å². The van der Waals surface area contributed by atoms with E-state index in [1.165, 1.54) is 0 Å². The van der Waals surface area contributed by atoms with Gasteiger partial charge < -0.3 is 20.7 Å². The smallest absolute Gasteiger partial charge is 0.227 e. The molecule has 1 aliphatic heterocycles. The van der Waals surface area contributed by atoms with Crippen LogP contribution in [0.4, 0.5) is 5.69 Å². The maximum atomic E-state index is 12.1. The molecule has 2 fully saturated rings. The molecule has 2 unspecified atom stereocenters. The number of amides is 2. The summed E-state index contributed by atoms with van der Waals surface area (Å²) in [7, 11) is 0. The lowest BCUT2D eigenvalue weighted by Gasteiger charge is -2.24. The fourth-order valence-electron chi connectivity index (χ4n) is 2.80. The van der Waals surface area contributed by atoms with Crippen molar-refractivity contribution in [1.29, 1.82) is 0 Å². The molecule has 130 valence electrons. The van der Waals surface area contributed by atoms with Gasteiger partial charge >= 0.3 is 0 Å². The number of benzene rings is 1. The van der Waals surface area contributed by atoms with Crippen molar-refractivity contribution < 1.29 is 14.3 Å². The summed E-state index contributed by atoms with van der Waals surface area (Å²) in [5.41, 5.74) is 1.82. The van der Waals surface area contributed by atoms with E-state index in [-0.39, 0.29) is 29.8 Å². The fourth-order valence-corrected chi connectivity index (χ4v) is 2.80. The van der Waals surface area contributed by atoms with Crippen molar-refractivity contribution >= 4 is 17.5 Å². The Labute approximate surface area is 142 Å². The highest BCUT2D eigenvalue weighted by Crippen LogP contribution is 2.30. The Morgan fingerprint density at radius 3 is 2.67 bits per heavy atom. The third kappa shape index (κ3) is 4.79.